The molecule has 0 spiro atoms. The molecule has 3 N–H and O–H groups in total. The number of ether oxygens (including phenoxy) is 1. The van der Waals surface area contributed by atoms with Gasteiger partial charge in [0.2, 0.25) is 11.8 Å². The molecular weight excluding hydrogens is 590 g/mol. The highest BCUT2D eigenvalue weighted by Gasteiger charge is 2.42. The Morgan fingerprint density at radius 1 is 0.870 bits per heavy atom. The van der Waals surface area contributed by atoms with E-state index < -0.39 is 54.4 Å². The highest BCUT2D eigenvalue weighted by atomic mass is 16.5. The maximum atomic E-state index is 14.1. The predicted octanol–water partition coefficient (Wildman–Crippen LogP) is 4.73. The largest absolute Gasteiger partial charge is 0.481 e. The van der Waals surface area contributed by atoms with Crippen LogP contribution in [0.4, 0.5) is 4.79 Å². The SMILES string of the molecule is CC[C@H](C)[C@H](NC(=O)OCC1c2ccccc2-c2ccccc21)C(=O)N(C)[C@H](C(=O)N(C)[C@@H](CC(=O)O)C(=O)O)C1CCCCC1. The number of hydrogen-bond acceptors (Lipinski definition) is 6. The molecule has 0 radical (unpaired) electrons. The molecule has 0 unspecified atom stereocenters. The number of rotatable bonds is 13. The van der Waals surface area contributed by atoms with Crippen molar-refractivity contribution in [3.8, 4) is 11.1 Å². The summed E-state index contributed by atoms with van der Waals surface area (Å²) in [6.45, 7) is 3.80. The molecule has 0 heterocycles. The van der Waals surface area contributed by atoms with Crippen molar-refractivity contribution in [3.05, 3.63) is 59.7 Å². The topological polar surface area (TPSA) is 154 Å². The van der Waals surface area contributed by atoms with Crippen LogP contribution in [-0.2, 0) is 23.9 Å². The number of nitrogens with zero attached hydrogens (tertiary/aromatic N) is 2. The van der Waals surface area contributed by atoms with Gasteiger partial charge in [0.25, 0.3) is 0 Å². The van der Waals surface area contributed by atoms with Gasteiger partial charge in [-0.05, 0) is 46.9 Å². The van der Waals surface area contributed by atoms with Crippen LogP contribution in [0.5, 0.6) is 0 Å². The first-order valence-electron chi connectivity index (χ1n) is 16.1. The third-order valence-electron chi connectivity index (χ3n) is 9.68. The molecule has 3 amide bonds. The molecule has 11 heteroatoms. The van der Waals surface area contributed by atoms with Gasteiger partial charge >= 0.3 is 18.0 Å². The van der Waals surface area contributed by atoms with Gasteiger partial charge in [-0.1, -0.05) is 88.1 Å². The highest BCUT2D eigenvalue weighted by molar-refractivity contribution is 5.94. The van der Waals surface area contributed by atoms with Crippen LogP contribution in [0.3, 0.4) is 0 Å². The summed E-state index contributed by atoms with van der Waals surface area (Å²) in [5, 5.41) is 21.8. The number of carbonyl (C=O) groups is 5. The minimum atomic E-state index is -1.59. The number of hydrogen-bond donors (Lipinski definition) is 3. The minimum Gasteiger partial charge on any atom is -0.481 e. The second-order valence-electron chi connectivity index (χ2n) is 12.5. The fourth-order valence-corrected chi connectivity index (χ4v) is 6.86. The molecule has 0 aromatic heterocycles. The molecule has 248 valence electrons. The Kier molecular flexibility index (Phi) is 11.4. The number of nitrogens with one attached hydrogen (secondary N) is 1. The number of aliphatic carboxylic acids is 2. The molecule has 1 saturated carbocycles. The fourth-order valence-electron chi connectivity index (χ4n) is 6.86. The third kappa shape index (κ3) is 7.51. The van der Waals surface area contributed by atoms with E-state index in [0.29, 0.717) is 19.3 Å². The van der Waals surface area contributed by atoms with Crippen molar-refractivity contribution in [2.24, 2.45) is 11.8 Å². The molecule has 2 aliphatic rings. The van der Waals surface area contributed by atoms with Gasteiger partial charge in [0.1, 0.15) is 24.7 Å². The molecule has 0 bridgehead atoms. The van der Waals surface area contributed by atoms with E-state index >= 15 is 0 Å². The van der Waals surface area contributed by atoms with Crippen molar-refractivity contribution < 1.29 is 38.9 Å². The number of likely N-dealkylation sites (N-methyl/N-ethyl adjacent to an activating group) is 2. The maximum Gasteiger partial charge on any atom is 0.407 e. The molecular formula is C35H45N3O8. The minimum absolute atomic E-state index is 0.0747. The second-order valence-corrected chi connectivity index (χ2v) is 12.5. The van der Waals surface area contributed by atoms with E-state index in [1.165, 1.54) is 19.0 Å². The molecule has 2 aromatic rings. The monoisotopic (exact) mass is 635 g/mol. The summed E-state index contributed by atoms with van der Waals surface area (Å²) in [4.78, 5) is 66.9. The molecule has 11 nitrogen and oxygen atoms in total. The quantitative estimate of drug-likeness (QED) is 0.286. The molecule has 2 aliphatic carbocycles. The van der Waals surface area contributed by atoms with Gasteiger partial charge in [0.15, 0.2) is 0 Å². The average molecular weight is 636 g/mol. The fraction of sp³-hybridized carbons (Fsp3) is 0.514. The van der Waals surface area contributed by atoms with Gasteiger partial charge in [0.05, 0.1) is 6.42 Å². The van der Waals surface area contributed by atoms with Crippen molar-refractivity contribution in [3.63, 3.8) is 0 Å². The zero-order valence-corrected chi connectivity index (χ0v) is 27.0. The Hall–Kier alpha value is -4.41. The lowest BCUT2D eigenvalue weighted by Gasteiger charge is -2.40. The van der Waals surface area contributed by atoms with Crippen LogP contribution in [0, 0.1) is 11.8 Å². The average Bonchev–Trinajstić information content (AvgIpc) is 3.37. The Morgan fingerprint density at radius 2 is 1.43 bits per heavy atom. The first kappa shape index (κ1) is 34.5. The lowest BCUT2D eigenvalue weighted by atomic mass is 9.82. The summed E-state index contributed by atoms with van der Waals surface area (Å²) in [6, 6.07) is 12.4. The summed E-state index contributed by atoms with van der Waals surface area (Å²) in [5.74, 6) is -4.64. The van der Waals surface area contributed by atoms with Crippen LogP contribution in [0.15, 0.2) is 48.5 Å². The van der Waals surface area contributed by atoms with Gasteiger partial charge in [0, 0.05) is 20.0 Å². The van der Waals surface area contributed by atoms with Crippen LogP contribution in [0.2, 0.25) is 0 Å². The van der Waals surface area contributed by atoms with Gasteiger partial charge in [-0.3, -0.25) is 14.4 Å². The Morgan fingerprint density at radius 3 is 1.96 bits per heavy atom. The summed E-state index contributed by atoms with van der Waals surface area (Å²) in [7, 11) is 2.76. The molecule has 46 heavy (non-hydrogen) atoms. The normalized spacial score (nSPS) is 17.0. The lowest BCUT2D eigenvalue weighted by Crippen LogP contribution is -2.60. The van der Waals surface area contributed by atoms with E-state index in [1.54, 1.807) is 0 Å². The molecule has 4 atom stereocenters. The Balaban J connectivity index is 1.53. The van der Waals surface area contributed by atoms with E-state index in [-0.39, 0.29) is 24.4 Å². The van der Waals surface area contributed by atoms with Crippen LogP contribution in [-0.4, -0.2) is 88.7 Å². The van der Waals surface area contributed by atoms with Gasteiger partial charge < -0.3 is 30.1 Å². The number of carboxylic acid groups (broad SMARTS) is 2. The second kappa shape index (κ2) is 15.2. The van der Waals surface area contributed by atoms with E-state index in [0.717, 1.165) is 46.4 Å². The Bertz CT molecular complexity index is 1390. The summed E-state index contributed by atoms with van der Waals surface area (Å²) >= 11 is 0. The van der Waals surface area contributed by atoms with Crippen molar-refractivity contribution >= 4 is 29.8 Å². The van der Waals surface area contributed by atoms with Crippen LogP contribution in [0.25, 0.3) is 11.1 Å². The Labute approximate surface area is 269 Å². The smallest absolute Gasteiger partial charge is 0.407 e. The van der Waals surface area contributed by atoms with Gasteiger partial charge in [-0.15, -0.1) is 0 Å². The summed E-state index contributed by atoms with van der Waals surface area (Å²) in [6.07, 6.45) is 3.04. The molecule has 1 fully saturated rings. The molecule has 4 rings (SSSR count). The first-order chi connectivity index (χ1) is 22.0. The van der Waals surface area contributed by atoms with Crippen LogP contribution in [0.1, 0.15) is 75.8 Å². The third-order valence-corrected chi connectivity index (χ3v) is 9.68. The molecule has 2 aromatic carbocycles. The number of alkyl carbamates (subject to hydrolysis) is 1. The van der Waals surface area contributed by atoms with Crippen molar-refractivity contribution in [2.45, 2.75) is 82.8 Å². The predicted molar refractivity (Wildman–Crippen MR) is 171 cm³/mol. The van der Waals surface area contributed by atoms with E-state index in [4.69, 9.17) is 4.74 Å². The highest BCUT2D eigenvalue weighted by Crippen LogP contribution is 2.44. The number of benzene rings is 2. The zero-order chi connectivity index (χ0) is 33.5. The van der Waals surface area contributed by atoms with Crippen molar-refractivity contribution in [1.29, 1.82) is 0 Å². The number of fused-ring (bicyclic) bond motifs is 3. The maximum absolute atomic E-state index is 14.1. The first-order valence-corrected chi connectivity index (χ1v) is 16.1. The van der Waals surface area contributed by atoms with Gasteiger partial charge in [-0.2, -0.15) is 0 Å². The number of carbonyl (C=O) groups excluding carboxylic acids is 3. The molecule has 0 saturated heterocycles. The van der Waals surface area contributed by atoms with E-state index in [1.807, 2.05) is 62.4 Å². The van der Waals surface area contributed by atoms with E-state index in [9.17, 15) is 34.2 Å². The number of carboxylic acids is 2. The van der Waals surface area contributed by atoms with Gasteiger partial charge in [-0.25, -0.2) is 9.59 Å². The summed E-state index contributed by atoms with van der Waals surface area (Å²) < 4.78 is 5.74. The van der Waals surface area contributed by atoms with Crippen molar-refractivity contribution in [2.75, 3.05) is 20.7 Å². The van der Waals surface area contributed by atoms with E-state index in [2.05, 4.69) is 5.32 Å². The van der Waals surface area contributed by atoms with Crippen LogP contribution < -0.4 is 5.32 Å². The number of amides is 3. The van der Waals surface area contributed by atoms with Crippen LogP contribution >= 0.6 is 0 Å². The summed E-state index contributed by atoms with van der Waals surface area (Å²) in [5.41, 5.74) is 4.31. The standard InChI is InChI=1S/C35H45N3O8/c1-5-21(2)30(36-35(45)46-20-27-25-17-11-9-15-23(25)24-16-10-12-18-26(24)27)32(41)38(4)31(22-13-7-6-8-14-22)33(42)37(3)28(34(43)44)19-29(39)40/h9-12,15-18,21-22,27-28,30-31H,5-8,13-14,19-20H2,1-4H3,(H,36,45)(H,39,40)(H,43,44)/t21-,28-,30-,31-/m0/s1. The molecule has 0 aliphatic heterocycles. The zero-order valence-electron chi connectivity index (χ0n) is 27.0. The lowest BCUT2D eigenvalue weighted by molar-refractivity contribution is -0.158. The van der Waals surface area contributed by atoms with Crippen molar-refractivity contribution in [1.82, 2.24) is 15.1 Å².